The van der Waals surface area contributed by atoms with Gasteiger partial charge in [-0.1, -0.05) is 30.3 Å². The van der Waals surface area contributed by atoms with E-state index in [9.17, 15) is 5.11 Å². The molecule has 3 aromatic rings. The first-order chi connectivity index (χ1) is 15.8. The molecule has 33 heavy (non-hydrogen) atoms. The third-order valence-corrected chi connectivity index (χ3v) is 7.13. The maximum atomic E-state index is 10.2. The van der Waals surface area contributed by atoms with Crippen molar-refractivity contribution in [1.82, 2.24) is 20.2 Å². The summed E-state index contributed by atoms with van der Waals surface area (Å²) in [5.74, 6) is 1.89. The first kappa shape index (κ1) is 21.8. The maximum Gasteiger partial charge on any atom is 0.154 e. The fourth-order valence-corrected chi connectivity index (χ4v) is 4.76. The van der Waals surface area contributed by atoms with Crippen LogP contribution in [0.15, 0.2) is 42.7 Å². The van der Waals surface area contributed by atoms with Gasteiger partial charge >= 0.3 is 0 Å². The molecule has 1 spiro atoms. The normalized spacial score (nSPS) is 17.5. The van der Waals surface area contributed by atoms with Crippen LogP contribution in [0, 0.1) is 13.8 Å². The summed E-state index contributed by atoms with van der Waals surface area (Å²) in [5.41, 5.74) is 4.43. The molecule has 2 fully saturated rings. The lowest BCUT2D eigenvalue weighted by Gasteiger charge is -2.43. The first-order valence-corrected chi connectivity index (χ1v) is 11.7. The molecule has 5 rings (SSSR count). The molecule has 2 aliphatic rings. The number of piperazine rings is 1. The molecule has 7 nitrogen and oxygen atoms in total. The van der Waals surface area contributed by atoms with Crippen molar-refractivity contribution in [2.24, 2.45) is 0 Å². The zero-order valence-corrected chi connectivity index (χ0v) is 19.9. The van der Waals surface area contributed by atoms with Crippen LogP contribution < -0.4 is 9.80 Å². The minimum Gasteiger partial charge on any atom is -0.384 e. The molecule has 1 N–H and O–H groups in total. The summed E-state index contributed by atoms with van der Waals surface area (Å²) in [6.45, 7) is 10.4. The Morgan fingerprint density at radius 3 is 2.36 bits per heavy atom. The summed E-state index contributed by atoms with van der Waals surface area (Å²) in [7, 11) is 0. The van der Waals surface area contributed by atoms with Crippen LogP contribution in [0.2, 0.25) is 0 Å². The smallest absolute Gasteiger partial charge is 0.154 e. The lowest BCUT2D eigenvalue weighted by molar-refractivity contribution is 0.0734. The molecule has 7 heteroatoms. The molecule has 1 aliphatic heterocycles. The average molecular weight is 445 g/mol. The zero-order valence-electron chi connectivity index (χ0n) is 19.9. The summed E-state index contributed by atoms with van der Waals surface area (Å²) in [6.07, 6.45) is 6.57. The van der Waals surface area contributed by atoms with E-state index in [0.29, 0.717) is 5.69 Å². The Kier molecular flexibility index (Phi) is 5.32. The van der Waals surface area contributed by atoms with Gasteiger partial charge in [-0.3, -0.25) is 4.98 Å². The quantitative estimate of drug-likeness (QED) is 0.645. The van der Waals surface area contributed by atoms with Gasteiger partial charge < -0.3 is 14.9 Å². The number of hydrogen-bond donors (Lipinski definition) is 1. The predicted octanol–water partition coefficient (Wildman–Crippen LogP) is 3.56. The van der Waals surface area contributed by atoms with Crippen molar-refractivity contribution in [3.05, 3.63) is 70.8 Å². The number of aromatic nitrogens is 4. The monoisotopic (exact) mass is 444 g/mol. The lowest BCUT2D eigenvalue weighted by Crippen LogP contribution is -2.56. The Hall–Kier alpha value is -3.06. The van der Waals surface area contributed by atoms with Crippen molar-refractivity contribution in [3.8, 4) is 0 Å². The topological polar surface area (TPSA) is 78.3 Å². The van der Waals surface area contributed by atoms with Crippen molar-refractivity contribution in [1.29, 1.82) is 0 Å². The molecule has 0 amide bonds. The summed E-state index contributed by atoms with van der Waals surface area (Å²) in [4.78, 5) is 13.9. The minimum atomic E-state index is -0.984. The second-order valence-electron chi connectivity index (χ2n) is 10.00. The second-order valence-corrected chi connectivity index (χ2v) is 10.00. The average Bonchev–Trinajstić information content (AvgIpc) is 3.56. The molecule has 3 heterocycles. The predicted molar refractivity (Wildman–Crippen MR) is 130 cm³/mol. The third kappa shape index (κ3) is 4.17. The van der Waals surface area contributed by atoms with Gasteiger partial charge in [-0.05, 0) is 57.2 Å². The van der Waals surface area contributed by atoms with E-state index in [1.54, 1.807) is 26.2 Å². The largest absolute Gasteiger partial charge is 0.384 e. The number of rotatable bonds is 5. The Bertz CT molecular complexity index is 1140. The highest BCUT2D eigenvalue weighted by Crippen LogP contribution is 2.46. The Labute approximate surface area is 195 Å². The second kappa shape index (κ2) is 8.06. The molecule has 1 aromatic carbocycles. The standard InChI is InChI=1S/C26H32N6O/c1-18-19(2)24(30-29-21(18)14-20-8-6-5-7-9-20)31-12-13-32(26(17-31)10-11-26)23-16-27-22(15-28-23)25(3,4)33/h5-9,15-16,33H,10-14,17H2,1-4H3. The highest BCUT2D eigenvalue weighted by atomic mass is 16.3. The van der Waals surface area contributed by atoms with Gasteiger partial charge in [0.1, 0.15) is 11.4 Å². The summed E-state index contributed by atoms with van der Waals surface area (Å²) in [6, 6.07) is 10.4. The fraction of sp³-hybridized carbons (Fsp3) is 0.462. The Balaban J connectivity index is 1.34. The van der Waals surface area contributed by atoms with Gasteiger partial charge in [0.2, 0.25) is 0 Å². The molecule has 0 bridgehead atoms. The highest BCUT2D eigenvalue weighted by molar-refractivity contribution is 5.55. The van der Waals surface area contributed by atoms with Crippen molar-refractivity contribution in [2.75, 3.05) is 29.4 Å². The summed E-state index contributed by atoms with van der Waals surface area (Å²) < 4.78 is 0. The fourth-order valence-electron chi connectivity index (χ4n) is 4.76. The first-order valence-electron chi connectivity index (χ1n) is 11.7. The van der Waals surface area contributed by atoms with Crippen molar-refractivity contribution in [3.63, 3.8) is 0 Å². The minimum absolute atomic E-state index is 0.0773. The molecular weight excluding hydrogens is 412 g/mol. The van der Waals surface area contributed by atoms with E-state index in [-0.39, 0.29) is 5.54 Å². The molecule has 2 aromatic heterocycles. The van der Waals surface area contributed by atoms with E-state index in [2.05, 4.69) is 63.0 Å². The van der Waals surface area contributed by atoms with E-state index < -0.39 is 5.60 Å². The van der Waals surface area contributed by atoms with Crippen LogP contribution in [0.3, 0.4) is 0 Å². The molecule has 0 radical (unpaired) electrons. The SMILES string of the molecule is Cc1c(Cc2ccccc2)nnc(N2CCN(c3cnc(C(C)(C)O)cn3)C3(CC3)C2)c1C. The Morgan fingerprint density at radius 1 is 0.970 bits per heavy atom. The van der Waals surface area contributed by atoms with Crippen LogP contribution in [-0.2, 0) is 12.0 Å². The third-order valence-electron chi connectivity index (χ3n) is 7.13. The van der Waals surface area contributed by atoms with Crippen LogP contribution in [0.4, 0.5) is 11.6 Å². The van der Waals surface area contributed by atoms with Gasteiger partial charge in [-0.15, -0.1) is 5.10 Å². The van der Waals surface area contributed by atoms with Gasteiger partial charge in [0.05, 0.1) is 29.3 Å². The van der Waals surface area contributed by atoms with Crippen molar-refractivity contribution >= 4 is 11.6 Å². The molecule has 172 valence electrons. The number of aliphatic hydroxyl groups is 1. The van der Waals surface area contributed by atoms with Gasteiger partial charge in [0.15, 0.2) is 5.82 Å². The van der Waals surface area contributed by atoms with Crippen LogP contribution in [0.5, 0.6) is 0 Å². The van der Waals surface area contributed by atoms with Crippen LogP contribution in [0.1, 0.15) is 54.8 Å². The molecule has 0 unspecified atom stereocenters. The molecule has 1 saturated heterocycles. The number of hydrogen-bond acceptors (Lipinski definition) is 7. The maximum absolute atomic E-state index is 10.2. The zero-order chi connectivity index (χ0) is 23.2. The van der Waals surface area contributed by atoms with Gasteiger partial charge in [-0.25, -0.2) is 4.98 Å². The molecule has 1 aliphatic carbocycles. The number of benzene rings is 1. The van der Waals surface area contributed by atoms with Crippen LogP contribution >= 0.6 is 0 Å². The van der Waals surface area contributed by atoms with E-state index >= 15 is 0 Å². The van der Waals surface area contributed by atoms with E-state index in [0.717, 1.165) is 56.2 Å². The van der Waals surface area contributed by atoms with Crippen LogP contribution in [0.25, 0.3) is 0 Å². The Morgan fingerprint density at radius 2 is 1.73 bits per heavy atom. The van der Waals surface area contributed by atoms with Crippen molar-refractivity contribution in [2.45, 2.75) is 58.1 Å². The van der Waals surface area contributed by atoms with E-state index in [1.165, 1.54) is 16.7 Å². The van der Waals surface area contributed by atoms with E-state index in [4.69, 9.17) is 5.10 Å². The lowest BCUT2D eigenvalue weighted by atomic mass is 10.0. The van der Waals surface area contributed by atoms with Gasteiger partial charge in [0, 0.05) is 26.1 Å². The van der Waals surface area contributed by atoms with E-state index in [1.807, 2.05) is 6.07 Å². The summed E-state index contributed by atoms with van der Waals surface area (Å²) >= 11 is 0. The molecule has 0 atom stereocenters. The molecular formula is C26H32N6O. The number of anilines is 2. The summed E-state index contributed by atoms with van der Waals surface area (Å²) in [5, 5.41) is 19.5. The molecule has 1 saturated carbocycles. The number of nitrogens with zero attached hydrogens (tertiary/aromatic N) is 6. The van der Waals surface area contributed by atoms with Gasteiger partial charge in [0.25, 0.3) is 0 Å². The highest BCUT2D eigenvalue weighted by Gasteiger charge is 2.52. The van der Waals surface area contributed by atoms with Crippen LogP contribution in [-0.4, -0.2) is 50.4 Å². The van der Waals surface area contributed by atoms with Gasteiger partial charge in [-0.2, -0.15) is 5.10 Å². The van der Waals surface area contributed by atoms with Crippen molar-refractivity contribution < 1.29 is 5.11 Å².